The molecule has 0 bridgehead atoms. The summed E-state index contributed by atoms with van der Waals surface area (Å²) in [5.74, 6) is 1.09. The number of alkyl halides is 1. The molecule has 0 aliphatic heterocycles. The summed E-state index contributed by atoms with van der Waals surface area (Å²) >= 11 is 6.12. The van der Waals surface area contributed by atoms with E-state index in [1.807, 2.05) is 6.07 Å². The van der Waals surface area contributed by atoms with Gasteiger partial charge in [0.05, 0.1) is 0 Å². The van der Waals surface area contributed by atoms with E-state index in [0.29, 0.717) is 11.8 Å². The van der Waals surface area contributed by atoms with Gasteiger partial charge in [-0.15, -0.1) is 11.6 Å². The Hall–Kier alpha value is -0.176. The summed E-state index contributed by atoms with van der Waals surface area (Å²) in [6.45, 7) is 2.11. The van der Waals surface area contributed by atoms with Crippen molar-refractivity contribution in [1.82, 2.24) is 0 Å². The lowest BCUT2D eigenvalue weighted by molar-refractivity contribution is 0.162. The first-order valence-electron chi connectivity index (χ1n) is 7.56. The van der Waals surface area contributed by atoms with Crippen LogP contribution in [-0.4, -0.2) is 38.7 Å². The van der Waals surface area contributed by atoms with Crippen LogP contribution in [0.5, 0.6) is 0 Å². The van der Waals surface area contributed by atoms with E-state index in [-0.39, 0.29) is 0 Å². The number of benzene rings is 1. The minimum atomic E-state index is -2.38. The number of rotatable bonds is 11. The highest BCUT2D eigenvalue weighted by atomic mass is 35.5. The molecule has 0 amide bonds. The van der Waals surface area contributed by atoms with Crippen LogP contribution >= 0.6 is 11.6 Å². The molecule has 6 heteroatoms. The van der Waals surface area contributed by atoms with E-state index < -0.39 is 18.6 Å². The lowest BCUT2D eigenvalue weighted by atomic mass is 9.95. The maximum Gasteiger partial charge on any atom is 0.489 e. The maximum atomic E-state index is 6.12. The first-order chi connectivity index (χ1) is 10.2. The molecular formula is C15H27ClO3Si2. The molecule has 21 heavy (non-hydrogen) atoms. The Labute approximate surface area is 137 Å². The van der Waals surface area contributed by atoms with Gasteiger partial charge in [-0.2, -0.15) is 0 Å². The number of hydrogen-bond acceptors (Lipinski definition) is 3. The minimum Gasteiger partial charge on any atom is -0.422 e. The van der Waals surface area contributed by atoms with Gasteiger partial charge in [0.25, 0.3) is 0 Å². The summed E-state index contributed by atoms with van der Waals surface area (Å²) in [7, 11) is 0.506. The van der Waals surface area contributed by atoms with Gasteiger partial charge in [0, 0.05) is 26.1 Å². The van der Waals surface area contributed by atoms with E-state index >= 15 is 0 Å². The summed E-state index contributed by atoms with van der Waals surface area (Å²) in [5, 5.41) is 0. The van der Waals surface area contributed by atoms with Gasteiger partial charge in [-0.1, -0.05) is 43.3 Å². The molecule has 0 aliphatic rings. The zero-order valence-corrected chi connectivity index (χ0v) is 16.5. The highest BCUT2D eigenvalue weighted by molar-refractivity contribution is 6.65. The lowest BCUT2D eigenvalue weighted by Gasteiger charge is -2.26. The van der Waals surface area contributed by atoms with Crippen molar-refractivity contribution in [2.75, 3.05) is 20.1 Å². The third-order valence-corrected chi connectivity index (χ3v) is 9.23. The van der Waals surface area contributed by atoms with Crippen LogP contribution in [0.15, 0.2) is 30.3 Å². The molecule has 120 valence electrons. The highest BCUT2D eigenvalue weighted by Gasteiger charge is 2.37. The second-order valence-corrected chi connectivity index (χ2v) is 9.76. The maximum absolute atomic E-state index is 6.12. The molecule has 0 fully saturated rings. The van der Waals surface area contributed by atoms with Crippen LogP contribution in [0.4, 0.5) is 0 Å². The second kappa shape index (κ2) is 10.5. The molecule has 3 nitrogen and oxygen atoms in total. The molecule has 1 atom stereocenters. The molecule has 0 spiro atoms. The zero-order chi connectivity index (χ0) is 15.6. The van der Waals surface area contributed by atoms with E-state index in [2.05, 4.69) is 30.8 Å². The van der Waals surface area contributed by atoms with Crippen molar-refractivity contribution >= 4 is 30.2 Å². The Morgan fingerprint density at radius 3 is 2.33 bits per heavy atom. The largest absolute Gasteiger partial charge is 0.489 e. The molecular weight excluding hydrogens is 320 g/mol. The molecule has 0 aromatic heterocycles. The van der Waals surface area contributed by atoms with Crippen LogP contribution in [0.3, 0.4) is 0 Å². The van der Waals surface area contributed by atoms with E-state index in [0.717, 1.165) is 25.3 Å². The molecule has 1 unspecified atom stereocenters. The fraction of sp³-hybridized carbons (Fsp3) is 0.600. The molecule has 0 saturated heterocycles. The number of halogens is 1. The monoisotopic (exact) mass is 346 g/mol. The quantitative estimate of drug-likeness (QED) is 0.348. The fourth-order valence-electron chi connectivity index (χ4n) is 2.49. The number of unbranched alkanes of at least 4 members (excludes halogenated alkanes) is 1. The summed E-state index contributed by atoms with van der Waals surface area (Å²) in [5.41, 5.74) is 1.33. The molecule has 0 saturated carbocycles. The van der Waals surface area contributed by atoms with Gasteiger partial charge in [-0.05, 0) is 24.3 Å². The van der Waals surface area contributed by atoms with Crippen LogP contribution in [0.25, 0.3) is 0 Å². The van der Waals surface area contributed by atoms with Gasteiger partial charge in [-0.3, -0.25) is 0 Å². The highest BCUT2D eigenvalue weighted by Crippen LogP contribution is 2.25. The Kier molecular flexibility index (Phi) is 9.47. The molecule has 0 radical (unpaired) electrons. The Morgan fingerprint density at radius 2 is 1.81 bits per heavy atom. The van der Waals surface area contributed by atoms with Crippen molar-refractivity contribution in [3.8, 4) is 0 Å². The van der Waals surface area contributed by atoms with E-state index in [1.165, 1.54) is 5.56 Å². The third kappa shape index (κ3) is 6.22. The van der Waals surface area contributed by atoms with Crippen molar-refractivity contribution in [2.45, 2.75) is 37.8 Å². The van der Waals surface area contributed by atoms with Crippen molar-refractivity contribution in [1.29, 1.82) is 0 Å². The van der Waals surface area contributed by atoms with Crippen molar-refractivity contribution < 1.29 is 13.0 Å². The Balaban J connectivity index is 2.41. The van der Waals surface area contributed by atoms with Crippen molar-refractivity contribution in [2.24, 2.45) is 0 Å². The van der Waals surface area contributed by atoms with E-state index in [1.54, 1.807) is 14.2 Å². The van der Waals surface area contributed by atoms with Crippen molar-refractivity contribution in [3.63, 3.8) is 0 Å². The molecule has 1 aromatic carbocycles. The van der Waals surface area contributed by atoms with Crippen LogP contribution < -0.4 is 0 Å². The summed E-state index contributed by atoms with van der Waals surface area (Å²) in [6, 6.07) is 11.4. The standard InChI is InChI=1S/C15H27ClO3Si2/c1-17-21(18-2,19-20-3)12-8-7-11-15(13-16)14-9-5-4-6-10-14/h4-6,9-10,15H,7-8,11-13,20H2,1-3H3. The number of hydrogen-bond donors (Lipinski definition) is 0. The van der Waals surface area contributed by atoms with Gasteiger partial charge in [0.2, 0.25) is 0 Å². The fourth-order valence-corrected chi connectivity index (χ4v) is 7.36. The third-order valence-electron chi connectivity index (χ3n) is 3.73. The topological polar surface area (TPSA) is 27.7 Å². The molecule has 0 N–H and O–H groups in total. The van der Waals surface area contributed by atoms with Gasteiger partial charge >= 0.3 is 8.80 Å². The first-order valence-corrected chi connectivity index (χ1v) is 12.0. The molecule has 0 aliphatic carbocycles. The van der Waals surface area contributed by atoms with Crippen molar-refractivity contribution in [3.05, 3.63) is 35.9 Å². The van der Waals surface area contributed by atoms with Crippen LogP contribution in [0.1, 0.15) is 30.7 Å². The van der Waals surface area contributed by atoms with Gasteiger partial charge in [-0.25, -0.2) is 0 Å². The van der Waals surface area contributed by atoms with Gasteiger partial charge < -0.3 is 13.0 Å². The Bertz CT molecular complexity index is 374. The summed E-state index contributed by atoms with van der Waals surface area (Å²) in [4.78, 5) is 0. The van der Waals surface area contributed by atoms with Crippen LogP contribution in [0.2, 0.25) is 12.6 Å². The predicted molar refractivity (Wildman–Crippen MR) is 93.8 cm³/mol. The van der Waals surface area contributed by atoms with Crippen LogP contribution in [-0.2, 0) is 13.0 Å². The minimum absolute atomic E-state index is 0.426. The zero-order valence-electron chi connectivity index (χ0n) is 13.3. The molecule has 1 rings (SSSR count). The van der Waals surface area contributed by atoms with E-state index in [4.69, 9.17) is 24.6 Å². The van der Waals surface area contributed by atoms with Crippen LogP contribution in [0, 0.1) is 0 Å². The molecule has 1 aromatic rings. The second-order valence-electron chi connectivity index (χ2n) is 5.03. The average molecular weight is 347 g/mol. The van der Waals surface area contributed by atoms with Gasteiger partial charge in [0.15, 0.2) is 0 Å². The summed E-state index contributed by atoms with van der Waals surface area (Å²) < 4.78 is 17.0. The smallest absolute Gasteiger partial charge is 0.422 e. The van der Waals surface area contributed by atoms with Gasteiger partial charge in [0.1, 0.15) is 9.76 Å². The summed E-state index contributed by atoms with van der Waals surface area (Å²) in [6.07, 6.45) is 3.26. The predicted octanol–water partition coefficient (Wildman–Crippen LogP) is 3.56. The lowest BCUT2D eigenvalue weighted by Crippen LogP contribution is -2.44. The first kappa shape index (κ1) is 18.9. The normalized spacial score (nSPS) is 13.9. The Morgan fingerprint density at radius 1 is 1.14 bits per heavy atom. The molecule has 0 heterocycles. The average Bonchev–Trinajstić information content (AvgIpc) is 2.55. The van der Waals surface area contributed by atoms with E-state index in [9.17, 15) is 0 Å². The SMILES string of the molecule is CO[Si](CCCCC(CCl)c1ccccc1)(OC)O[SiH2]C.